The van der Waals surface area contributed by atoms with Crippen molar-refractivity contribution in [1.29, 1.82) is 0 Å². The second-order valence-electron chi connectivity index (χ2n) is 7.63. The van der Waals surface area contributed by atoms with Crippen molar-refractivity contribution >= 4 is 0 Å². The van der Waals surface area contributed by atoms with E-state index in [2.05, 4.69) is 16.7 Å². The third-order valence-corrected chi connectivity index (χ3v) is 6.23. The van der Waals surface area contributed by atoms with Gasteiger partial charge in [-0.1, -0.05) is 0 Å². The number of fused-ring (bicyclic) bond motifs is 3. The molecule has 4 bridgehead atoms. The van der Waals surface area contributed by atoms with Crippen LogP contribution in [0, 0.1) is 17.8 Å². The minimum Gasteiger partial charge on any atom is -0.300 e. The Morgan fingerprint density at radius 3 is 2.22 bits per heavy atom. The zero-order chi connectivity index (χ0) is 12.1. The standard InChI is InChI=1S/C16H28N2/c1-12(18-10-13-5-14(6-13)11-18)3-2-4-17-9-15-7-16(17)8-15/h12-16H,2-11H2,1H3. The second-order valence-corrected chi connectivity index (χ2v) is 7.63. The van der Waals surface area contributed by atoms with Gasteiger partial charge in [-0.25, -0.2) is 0 Å². The lowest BCUT2D eigenvalue weighted by Gasteiger charge is -2.49. The van der Waals surface area contributed by atoms with E-state index in [-0.39, 0.29) is 0 Å². The van der Waals surface area contributed by atoms with Gasteiger partial charge in [0.2, 0.25) is 0 Å². The van der Waals surface area contributed by atoms with Crippen molar-refractivity contribution < 1.29 is 0 Å². The summed E-state index contributed by atoms with van der Waals surface area (Å²) in [5.41, 5.74) is 0. The summed E-state index contributed by atoms with van der Waals surface area (Å²) in [5, 5.41) is 0. The van der Waals surface area contributed by atoms with Crippen LogP contribution in [-0.4, -0.2) is 48.1 Å². The lowest BCUT2D eigenvalue weighted by Crippen LogP contribution is -2.51. The van der Waals surface area contributed by atoms with Crippen LogP contribution in [0.1, 0.15) is 45.4 Å². The molecule has 0 aromatic heterocycles. The molecule has 18 heavy (non-hydrogen) atoms. The van der Waals surface area contributed by atoms with Crippen LogP contribution in [0.4, 0.5) is 0 Å². The molecule has 2 saturated carbocycles. The van der Waals surface area contributed by atoms with Gasteiger partial charge in [0.25, 0.3) is 0 Å². The molecule has 102 valence electrons. The molecule has 4 saturated heterocycles. The van der Waals surface area contributed by atoms with Gasteiger partial charge in [0.15, 0.2) is 0 Å². The van der Waals surface area contributed by atoms with Gasteiger partial charge < -0.3 is 9.80 Å². The van der Waals surface area contributed by atoms with Crippen molar-refractivity contribution in [3.63, 3.8) is 0 Å². The quantitative estimate of drug-likeness (QED) is 0.738. The normalized spacial score (nSPS) is 44.5. The summed E-state index contributed by atoms with van der Waals surface area (Å²) in [6.07, 6.45) is 8.97. The van der Waals surface area contributed by atoms with E-state index in [0.29, 0.717) is 0 Å². The molecule has 6 fully saturated rings. The molecule has 0 radical (unpaired) electrons. The molecule has 0 spiro atoms. The van der Waals surface area contributed by atoms with Gasteiger partial charge in [-0.15, -0.1) is 0 Å². The average molecular weight is 248 g/mol. The summed E-state index contributed by atoms with van der Waals surface area (Å²) < 4.78 is 0. The molecule has 0 aromatic carbocycles. The predicted molar refractivity (Wildman–Crippen MR) is 74.6 cm³/mol. The first kappa shape index (κ1) is 11.7. The fourth-order valence-electron chi connectivity index (χ4n) is 4.94. The first-order valence-electron chi connectivity index (χ1n) is 8.26. The largest absolute Gasteiger partial charge is 0.300 e. The Kier molecular flexibility index (Phi) is 2.92. The van der Waals surface area contributed by atoms with E-state index >= 15 is 0 Å². The third kappa shape index (κ3) is 2.02. The summed E-state index contributed by atoms with van der Waals surface area (Å²) in [6.45, 7) is 8.09. The van der Waals surface area contributed by atoms with Crippen molar-refractivity contribution in [1.82, 2.24) is 9.80 Å². The van der Waals surface area contributed by atoms with E-state index in [1.807, 2.05) is 0 Å². The molecule has 1 unspecified atom stereocenters. The molecule has 2 nitrogen and oxygen atoms in total. The van der Waals surface area contributed by atoms with Gasteiger partial charge >= 0.3 is 0 Å². The molecular weight excluding hydrogens is 220 g/mol. The van der Waals surface area contributed by atoms with Crippen LogP contribution in [0.2, 0.25) is 0 Å². The van der Waals surface area contributed by atoms with Crippen molar-refractivity contribution in [3.05, 3.63) is 0 Å². The maximum absolute atomic E-state index is 2.78. The van der Waals surface area contributed by atoms with E-state index < -0.39 is 0 Å². The molecule has 0 N–H and O–H groups in total. The van der Waals surface area contributed by atoms with Crippen LogP contribution in [0.5, 0.6) is 0 Å². The van der Waals surface area contributed by atoms with Crippen molar-refractivity contribution in [3.8, 4) is 0 Å². The number of piperidine rings is 2. The summed E-state index contributed by atoms with van der Waals surface area (Å²) in [7, 11) is 0. The van der Waals surface area contributed by atoms with Gasteiger partial charge in [-0.05, 0) is 69.7 Å². The molecule has 6 rings (SSSR count). The Labute approximate surface area is 112 Å². The van der Waals surface area contributed by atoms with E-state index in [0.717, 1.165) is 29.8 Å². The average Bonchev–Trinajstić information content (AvgIpc) is 2.86. The summed E-state index contributed by atoms with van der Waals surface area (Å²) in [6, 6.07) is 1.83. The fraction of sp³-hybridized carbons (Fsp3) is 1.00. The maximum atomic E-state index is 2.78. The Hall–Kier alpha value is -0.0800. The van der Waals surface area contributed by atoms with Crippen LogP contribution in [0.25, 0.3) is 0 Å². The van der Waals surface area contributed by atoms with Gasteiger partial charge in [0, 0.05) is 31.7 Å². The maximum Gasteiger partial charge on any atom is 0.0102 e. The third-order valence-electron chi connectivity index (χ3n) is 6.23. The van der Waals surface area contributed by atoms with E-state index in [1.54, 1.807) is 12.8 Å². The van der Waals surface area contributed by atoms with Crippen LogP contribution in [0.3, 0.4) is 0 Å². The molecule has 2 heteroatoms. The highest BCUT2D eigenvalue weighted by molar-refractivity contribution is 4.97. The SMILES string of the molecule is CC(CCCN1CC2CC1C2)N1CC2CC(C2)C1. The van der Waals surface area contributed by atoms with E-state index in [9.17, 15) is 0 Å². The number of hydrogen-bond acceptors (Lipinski definition) is 2. The first-order chi connectivity index (χ1) is 8.78. The Bertz CT molecular complexity index is 294. The minimum absolute atomic E-state index is 0.841. The summed E-state index contributed by atoms with van der Waals surface area (Å²) >= 11 is 0. The van der Waals surface area contributed by atoms with Gasteiger partial charge in [0.05, 0.1) is 0 Å². The fourth-order valence-corrected chi connectivity index (χ4v) is 4.94. The lowest BCUT2D eigenvalue weighted by molar-refractivity contribution is 0.00272. The van der Waals surface area contributed by atoms with Crippen LogP contribution >= 0.6 is 0 Å². The van der Waals surface area contributed by atoms with Crippen molar-refractivity contribution in [2.45, 2.75) is 57.5 Å². The minimum atomic E-state index is 0.841. The van der Waals surface area contributed by atoms with Crippen molar-refractivity contribution in [2.24, 2.45) is 17.8 Å². The number of hydrogen-bond donors (Lipinski definition) is 0. The Morgan fingerprint density at radius 2 is 1.61 bits per heavy atom. The lowest BCUT2D eigenvalue weighted by atomic mass is 9.70. The van der Waals surface area contributed by atoms with Gasteiger partial charge in [-0.2, -0.15) is 0 Å². The zero-order valence-corrected chi connectivity index (χ0v) is 11.9. The summed E-state index contributed by atoms with van der Waals surface area (Å²) in [4.78, 5) is 5.55. The van der Waals surface area contributed by atoms with Crippen LogP contribution in [0.15, 0.2) is 0 Å². The molecule has 0 amide bonds. The molecular formula is C16H28N2. The van der Waals surface area contributed by atoms with E-state index in [1.165, 1.54) is 51.9 Å². The molecule has 2 aliphatic carbocycles. The smallest absolute Gasteiger partial charge is 0.0102 e. The Balaban J connectivity index is 1.18. The number of nitrogens with zero attached hydrogens (tertiary/aromatic N) is 2. The summed E-state index contributed by atoms with van der Waals surface area (Å²) in [5.74, 6) is 3.22. The second kappa shape index (κ2) is 4.49. The Morgan fingerprint density at radius 1 is 0.944 bits per heavy atom. The molecule has 6 aliphatic rings. The molecule has 1 atom stereocenters. The van der Waals surface area contributed by atoms with Gasteiger partial charge in [-0.3, -0.25) is 0 Å². The first-order valence-corrected chi connectivity index (χ1v) is 8.26. The van der Waals surface area contributed by atoms with E-state index in [4.69, 9.17) is 0 Å². The van der Waals surface area contributed by atoms with Gasteiger partial charge in [0.1, 0.15) is 0 Å². The van der Waals surface area contributed by atoms with Crippen LogP contribution < -0.4 is 0 Å². The highest BCUT2D eigenvalue weighted by Gasteiger charge is 2.42. The van der Waals surface area contributed by atoms with Crippen molar-refractivity contribution in [2.75, 3.05) is 26.2 Å². The zero-order valence-electron chi connectivity index (χ0n) is 11.9. The highest BCUT2D eigenvalue weighted by atomic mass is 15.2. The molecule has 0 aromatic rings. The molecule has 4 heterocycles. The number of rotatable bonds is 5. The topological polar surface area (TPSA) is 6.48 Å². The van der Waals surface area contributed by atoms with Crippen LogP contribution in [-0.2, 0) is 0 Å². The molecule has 4 aliphatic heterocycles. The predicted octanol–water partition coefficient (Wildman–Crippen LogP) is 2.59. The highest BCUT2D eigenvalue weighted by Crippen LogP contribution is 2.41. The monoisotopic (exact) mass is 248 g/mol.